The molecule has 2 aromatic rings. The molecule has 1 unspecified atom stereocenters. The van der Waals surface area contributed by atoms with Gasteiger partial charge in [-0.25, -0.2) is 0 Å². The number of nitrogens with one attached hydrogen (secondary N) is 1. The lowest BCUT2D eigenvalue weighted by Crippen LogP contribution is -2.21. The molecule has 0 saturated carbocycles. The quantitative estimate of drug-likeness (QED) is 0.879. The molecule has 1 amide bonds. The monoisotopic (exact) mass is 345 g/mol. The molecule has 126 valence electrons. The molecule has 4 nitrogen and oxygen atoms in total. The molecule has 1 aliphatic rings. The van der Waals surface area contributed by atoms with Crippen molar-refractivity contribution in [2.75, 3.05) is 11.9 Å². The number of hydrogen-bond donors (Lipinski definition) is 2. The predicted octanol–water partition coefficient (Wildman–Crippen LogP) is 4.04. The number of aliphatic hydroxyl groups excluding tert-OH is 1. The van der Waals surface area contributed by atoms with Gasteiger partial charge in [0, 0.05) is 10.7 Å². The Labute approximate surface area is 146 Å². The molecule has 5 heteroatoms. The van der Waals surface area contributed by atoms with Crippen LogP contribution in [0.3, 0.4) is 0 Å². The second-order valence-electron chi connectivity index (χ2n) is 5.98. The fraction of sp³-hybridized carbons (Fsp3) is 0.316. The maximum absolute atomic E-state index is 12.2. The van der Waals surface area contributed by atoms with E-state index in [-0.39, 0.29) is 12.5 Å². The Hall–Kier alpha value is -2.04. The van der Waals surface area contributed by atoms with Gasteiger partial charge in [0.05, 0.1) is 6.10 Å². The molecule has 3 rings (SSSR count). The first kappa shape index (κ1) is 16.8. The number of hydrogen-bond acceptors (Lipinski definition) is 3. The van der Waals surface area contributed by atoms with Crippen LogP contribution in [0.5, 0.6) is 5.75 Å². The van der Waals surface area contributed by atoms with Gasteiger partial charge in [-0.05, 0) is 61.1 Å². The van der Waals surface area contributed by atoms with E-state index < -0.39 is 6.10 Å². The topological polar surface area (TPSA) is 58.6 Å². The van der Waals surface area contributed by atoms with Gasteiger partial charge in [-0.1, -0.05) is 29.8 Å². The molecule has 0 spiro atoms. The Kier molecular flexibility index (Phi) is 5.07. The number of carbonyl (C=O) groups excluding carboxylic acids is 1. The number of ether oxygens (including phenoxy) is 1. The van der Waals surface area contributed by atoms with E-state index in [9.17, 15) is 9.90 Å². The van der Waals surface area contributed by atoms with E-state index in [4.69, 9.17) is 16.3 Å². The lowest BCUT2D eigenvalue weighted by molar-refractivity contribution is -0.118. The molecule has 0 fully saturated rings. The van der Waals surface area contributed by atoms with Crippen molar-refractivity contribution in [2.45, 2.75) is 32.3 Å². The van der Waals surface area contributed by atoms with Crippen LogP contribution < -0.4 is 10.1 Å². The van der Waals surface area contributed by atoms with E-state index in [0.717, 1.165) is 36.0 Å². The van der Waals surface area contributed by atoms with E-state index >= 15 is 0 Å². The minimum Gasteiger partial charge on any atom is -0.483 e. The Morgan fingerprint density at radius 3 is 2.96 bits per heavy atom. The summed E-state index contributed by atoms with van der Waals surface area (Å²) in [7, 11) is 0. The van der Waals surface area contributed by atoms with E-state index in [1.54, 1.807) is 18.2 Å². The molecule has 0 heterocycles. The summed E-state index contributed by atoms with van der Waals surface area (Å²) in [6, 6.07) is 11.0. The smallest absolute Gasteiger partial charge is 0.262 e. The first-order chi connectivity index (χ1) is 11.6. The molecular weight excluding hydrogens is 326 g/mol. The van der Waals surface area contributed by atoms with Crippen LogP contribution in [0.2, 0.25) is 5.02 Å². The molecule has 2 N–H and O–H groups in total. The molecule has 24 heavy (non-hydrogen) atoms. The van der Waals surface area contributed by atoms with Crippen molar-refractivity contribution in [1.82, 2.24) is 0 Å². The Morgan fingerprint density at radius 1 is 1.33 bits per heavy atom. The summed E-state index contributed by atoms with van der Waals surface area (Å²) in [5, 5.41) is 13.5. The zero-order valence-electron chi connectivity index (χ0n) is 13.5. The molecule has 1 atom stereocenters. The molecule has 0 bridgehead atoms. The van der Waals surface area contributed by atoms with Gasteiger partial charge >= 0.3 is 0 Å². The van der Waals surface area contributed by atoms with Crippen LogP contribution in [0, 0.1) is 6.92 Å². The summed E-state index contributed by atoms with van der Waals surface area (Å²) >= 11 is 6.06. The number of aliphatic hydroxyl groups is 1. The third-order valence-electron chi connectivity index (χ3n) is 4.33. The van der Waals surface area contributed by atoms with Gasteiger partial charge in [-0.3, -0.25) is 4.79 Å². The van der Waals surface area contributed by atoms with Crippen LogP contribution in [-0.4, -0.2) is 17.6 Å². The van der Waals surface area contributed by atoms with Crippen molar-refractivity contribution in [3.63, 3.8) is 0 Å². The van der Waals surface area contributed by atoms with Crippen molar-refractivity contribution in [3.05, 3.63) is 58.1 Å². The summed E-state index contributed by atoms with van der Waals surface area (Å²) in [6.45, 7) is 1.77. The number of amides is 1. The standard InChI is InChI=1S/C19H20ClNO3/c1-12-15(20)7-4-8-16(12)21-19(23)11-24-18-10-3-5-13-14(18)6-2-9-17(13)22/h3-5,7-8,10,17,22H,2,6,9,11H2,1H3,(H,21,23). The summed E-state index contributed by atoms with van der Waals surface area (Å²) in [4.78, 5) is 12.2. The van der Waals surface area contributed by atoms with Crippen molar-refractivity contribution < 1.29 is 14.6 Å². The summed E-state index contributed by atoms with van der Waals surface area (Å²) in [5.41, 5.74) is 3.42. The normalized spacial score (nSPS) is 16.4. The van der Waals surface area contributed by atoms with Crippen molar-refractivity contribution >= 4 is 23.2 Å². The molecule has 0 radical (unpaired) electrons. The molecule has 0 saturated heterocycles. The van der Waals surface area contributed by atoms with Gasteiger partial charge in [-0.2, -0.15) is 0 Å². The van der Waals surface area contributed by atoms with Crippen LogP contribution in [-0.2, 0) is 11.2 Å². The second-order valence-corrected chi connectivity index (χ2v) is 6.39. The Bertz CT molecular complexity index is 760. The number of carbonyl (C=O) groups is 1. The summed E-state index contributed by atoms with van der Waals surface area (Å²) < 4.78 is 5.70. The SMILES string of the molecule is Cc1c(Cl)cccc1NC(=O)COc1cccc2c1CCCC2O. The second kappa shape index (κ2) is 7.24. The summed E-state index contributed by atoms with van der Waals surface area (Å²) in [6.07, 6.45) is 2.10. The highest BCUT2D eigenvalue weighted by Gasteiger charge is 2.21. The minimum atomic E-state index is -0.444. The van der Waals surface area contributed by atoms with Crippen LogP contribution in [0.4, 0.5) is 5.69 Å². The molecule has 2 aromatic carbocycles. The Morgan fingerprint density at radius 2 is 2.12 bits per heavy atom. The molecule has 1 aliphatic carbocycles. The first-order valence-electron chi connectivity index (χ1n) is 8.04. The predicted molar refractivity (Wildman–Crippen MR) is 94.7 cm³/mol. The van der Waals surface area contributed by atoms with Crippen LogP contribution in [0.15, 0.2) is 36.4 Å². The van der Waals surface area contributed by atoms with Gasteiger partial charge in [-0.15, -0.1) is 0 Å². The third kappa shape index (κ3) is 3.55. The van der Waals surface area contributed by atoms with Crippen LogP contribution in [0.25, 0.3) is 0 Å². The lowest BCUT2D eigenvalue weighted by atomic mass is 9.89. The molecule has 0 aliphatic heterocycles. The highest BCUT2D eigenvalue weighted by molar-refractivity contribution is 6.31. The van der Waals surface area contributed by atoms with Crippen LogP contribution in [0.1, 0.15) is 35.6 Å². The van der Waals surface area contributed by atoms with E-state index in [2.05, 4.69) is 5.32 Å². The van der Waals surface area contributed by atoms with Gasteiger partial charge in [0.25, 0.3) is 5.91 Å². The highest BCUT2D eigenvalue weighted by atomic mass is 35.5. The Balaban J connectivity index is 1.67. The highest BCUT2D eigenvalue weighted by Crippen LogP contribution is 2.35. The van der Waals surface area contributed by atoms with Gasteiger partial charge in [0.2, 0.25) is 0 Å². The molecular formula is C19H20ClNO3. The summed E-state index contributed by atoms with van der Waals surface area (Å²) in [5.74, 6) is 0.429. The largest absolute Gasteiger partial charge is 0.483 e. The minimum absolute atomic E-state index is 0.0848. The van der Waals surface area contributed by atoms with Gasteiger partial charge < -0.3 is 15.2 Å². The fourth-order valence-electron chi connectivity index (χ4n) is 3.00. The fourth-order valence-corrected chi connectivity index (χ4v) is 3.17. The molecule has 0 aromatic heterocycles. The number of rotatable bonds is 4. The lowest BCUT2D eigenvalue weighted by Gasteiger charge is -2.23. The maximum Gasteiger partial charge on any atom is 0.262 e. The number of anilines is 1. The average molecular weight is 346 g/mol. The van der Waals surface area contributed by atoms with Crippen molar-refractivity contribution in [1.29, 1.82) is 0 Å². The zero-order chi connectivity index (χ0) is 17.1. The number of benzene rings is 2. The van der Waals surface area contributed by atoms with E-state index in [0.29, 0.717) is 16.5 Å². The maximum atomic E-state index is 12.2. The zero-order valence-corrected chi connectivity index (χ0v) is 14.3. The average Bonchev–Trinajstić information content (AvgIpc) is 2.58. The van der Waals surface area contributed by atoms with E-state index in [1.807, 2.05) is 25.1 Å². The third-order valence-corrected chi connectivity index (χ3v) is 4.74. The van der Waals surface area contributed by atoms with Gasteiger partial charge in [0.1, 0.15) is 5.75 Å². The van der Waals surface area contributed by atoms with Gasteiger partial charge in [0.15, 0.2) is 6.61 Å². The number of halogens is 1. The van der Waals surface area contributed by atoms with Crippen molar-refractivity contribution in [2.24, 2.45) is 0 Å². The van der Waals surface area contributed by atoms with Crippen molar-refractivity contribution in [3.8, 4) is 5.75 Å². The first-order valence-corrected chi connectivity index (χ1v) is 8.41. The van der Waals surface area contributed by atoms with Crippen LogP contribution >= 0.6 is 11.6 Å². The number of fused-ring (bicyclic) bond motifs is 1. The van der Waals surface area contributed by atoms with E-state index in [1.165, 1.54) is 0 Å².